The van der Waals surface area contributed by atoms with Crippen molar-refractivity contribution in [3.8, 4) is 0 Å². The van der Waals surface area contributed by atoms with Crippen LogP contribution in [0.2, 0.25) is 10.0 Å². The van der Waals surface area contributed by atoms with E-state index in [-0.39, 0.29) is 12.5 Å². The first-order chi connectivity index (χ1) is 9.06. The summed E-state index contributed by atoms with van der Waals surface area (Å²) in [7, 11) is 3.05. The number of ether oxygens (including phenoxy) is 2. The molecule has 0 bridgehead atoms. The van der Waals surface area contributed by atoms with Gasteiger partial charge in [0, 0.05) is 14.2 Å². The highest BCUT2D eigenvalue weighted by Crippen LogP contribution is 2.37. The van der Waals surface area contributed by atoms with Gasteiger partial charge in [-0.2, -0.15) is 0 Å². The van der Waals surface area contributed by atoms with Gasteiger partial charge in [-0.05, 0) is 12.1 Å². The van der Waals surface area contributed by atoms with Crippen LogP contribution in [0.5, 0.6) is 0 Å². The first kappa shape index (κ1) is 14.4. The molecule has 1 aliphatic rings. The summed E-state index contributed by atoms with van der Waals surface area (Å²) < 4.78 is 10.2. The number of carbonyl (C=O) groups excluding carboxylic acids is 1. The summed E-state index contributed by atoms with van der Waals surface area (Å²) in [6, 6.07) is 3.36. The molecule has 0 atom stereocenters. The van der Waals surface area contributed by atoms with Crippen molar-refractivity contribution in [2.24, 2.45) is 0 Å². The second-order valence-electron chi connectivity index (χ2n) is 4.04. The van der Waals surface area contributed by atoms with Gasteiger partial charge in [0.2, 0.25) is 5.91 Å². The van der Waals surface area contributed by atoms with E-state index < -0.39 is 6.29 Å². The summed E-state index contributed by atoms with van der Waals surface area (Å²) in [5.41, 5.74) is 1.43. The van der Waals surface area contributed by atoms with Gasteiger partial charge in [-0.15, -0.1) is 0 Å². The Morgan fingerprint density at radius 3 is 2.58 bits per heavy atom. The van der Waals surface area contributed by atoms with E-state index in [0.29, 0.717) is 22.3 Å². The van der Waals surface area contributed by atoms with Crippen LogP contribution in [0.1, 0.15) is 0 Å². The fourth-order valence-corrected chi connectivity index (χ4v) is 2.22. The van der Waals surface area contributed by atoms with Crippen molar-refractivity contribution >= 4 is 40.5 Å². The number of methoxy groups -OCH3 is 2. The Kier molecular flexibility index (Phi) is 4.52. The van der Waals surface area contributed by atoms with Crippen LogP contribution in [0.4, 0.5) is 11.4 Å². The summed E-state index contributed by atoms with van der Waals surface area (Å²) in [4.78, 5) is 13.6. The van der Waals surface area contributed by atoms with Crippen molar-refractivity contribution in [2.45, 2.75) is 6.29 Å². The van der Waals surface area contributed by atoms with E-state index in [0.717, 1.165) is 5.69 Å². The van der Waals surface area contributed by atoms with E-state index in [1.807, 2.05) is 0 Å². The van der Waals surface area contributed by atoms with Gasteiger partial charge < -0.3 is 19.7 Å². The molecule has 104 valence electrons. The van der Waals surface area contributed by atoms with Crippen molar-refractivity contribution in [3.63, 3.8) is 0 Å². The molecule has 0 fully saturated rings. The molecule has 7 heteroatoms. The predicted octanol–water partition coefficient (Wildman–Crippen LogP) is 2.37. The molecular weight excluding hydrogens is 291 g/mol. The molecule has 1 amide bonds. The first-order valence-corrected chi connectivity index (χ1v) is 6.41. The van der Waals surface area contributed by atoms with E-state index in [2.05, 4.69) is 5.32 Å². The second-order valence-corrected chi connectivity index (χ2v) is 4.86. The smallest absolute Gasteiger partial charge is 0.246 e. The minimum Gasteiger partial charge on any atom is -0.374 e. The van der Waals surface area contributed by atoms with E-state index in [4.69, 9.17) is 32.7 Å². The zero-order valence-corrected chi connectivity index (χ0v) is 12.1. The van der Waals surface area contributed by atoms with Gasteiger partial charge in [-0.3, -0.25) is 4.79 Å². The van der Waals surface area contributed by atoms with E-state index in [1.54, 1.807) is 17.0 Å². The Labute approximate surface area is 121 Å². The number of hydrogen-bond acceptors (Lipinski definition) is 4. The monoisotopic (exact) mass is 304 g/mol. The van der Waals surface area contributed by atoms with E-state index in [1.165, 1.54) is 14.2 Å². The lowest BCUT2D eigenvalue weighted by molar-refractivity contribution is -0.121. The highest BCUT2D eigenvalue weighted by molar-refractivity contribution is 6.42. The summed E-state index contributed by atoms with van der Waals surface area (Å²) in [5.74, 6) is -0.0787. The largest absolute Gasteiger partial charge is 0.374 e. The lowest BCUT2D eigenvalue weighted by Crippen LogP contribution is -2.44. The third kappa shape index (κ3) is 2.95. The molecule has 0 aliphatic carbocycles. The average Bonchev–Trinajstić information content (AvgIpc) is 2.40. The topological polar surface area (TPSA) is 50.8 Å². The number of benzene rings is 1. The molecular formula is C12H14Cl2N2O3. The van der Waals surface area contributed by atoms with Gasteiger partial charge in [0.25, 0.3) is 0 Å². The number of fused-ring (bicyclic) bond motifs is 1. The number of carbonyl (C=O) groups is 1. The zero-order valence-electron chi connectivity index (χ0n) is 10.6. The molecule has 1 aliphatic heterocycles. The molecule has 0 aromatic heterocycles. The molecule has 1 aromatic rings. The highest BCUT2D eigenvalue weighted by atomic mass is 35.5. The molecule has 1 N–H and O–H groups in total. The number of amides is 1. The standard InChI is InChI=1S/C12H14Cl2N2O3/c1-18-12(19-2)6-16-10-4-8(14)7(13)3-9(10)15-5-11(16)17/h3-4,12,15H,5-6H2,1-2H3. The van der Waals surface area contributed by atoms with Gasteiger partial charge in [0.1, 0.15) is 0 Å². The van der Waals surface area contributed by atoms with E-state index >= 15 is 0 Å². The molecule has 5 nitrogen and oxygen atoms in total. The van der Waals surface area contributed by atoms with Crippen LogP contribution >= 0.6 is 23.2 Å². The van der Waals surface area contributed by atoms with Crippen molar-refractivity contribution < 1.29 is 14.3 Å². The molecule has 1 heterocycles. The molecule has 0 saturated heterocycles. The minimum absolute atomic E-state index is 0.0787. The number of nitrogens with one attached hydrogen (secondary N) is 1. The lowest BCUT2D eigenvalue weighted by atomic mass is 10.2. The van der Waals surface area contributed by atoms with Crippen LogP contribution in [0.3, 0.4) is 0 Å². The van der Waals surface area contributed by atoms with Crippen molar-refractivity contribution in [1.29, 1.82) is 0 Å². The Bertz CT molecular complexity index is 492. The van der Waals surface area contributed by atoms with Crippen LogP contribution < -0.4 is 10.2 Å². The normalized spacial score (nSPS) is 14.6. The van der Waals surface area contributed by atoms with Crippen LogP contribution in [-0.2, 0) is 14.3 Å². The quantitative estimate of drug-likeness (QED) is 0.868. The molecule has 2 rings (SSSR count). The van der Waals surface area contributed by atoms with Crippen molar-refractivity contribution in [3.05, 3.63) is 22.2 Å². The zero-order chi connectivity index (χ0) is 14.0. The van der Waals surface area contributed by atoms with Gasteiger partial charge in [0.05, 0.1) is 34.5 Å². The number of anilines is 2. The Hall–Kier alpha value is -1.01. The summed E-state index contributed by atoms with van der Waals surface area (Å²) >= 11 is 12.0. The molecule has 0 spiro atoms. The average molecular weight is 305 g/mol. The summed E-state index contributed by atoms with van der Waals surface area (Å²) in [5, 5.41) is 3.84. The van der Waals surface area contributed by atoms with Gasteiger partial charge in [-0.1, -0.05) is 23.2 Å². The van der Waals surface area contributed by atoms with Crippen LogP contribution in [0.15, 0.2) is 12.1 Å². The SMILES string of the molecule is COC(CN1C(=O)CNc2cc(Cl)c(Cl)cc21)OC. The summed E-state index contributed by atoms with van der Waals surface area (Å²) in [6.45, 7) is 0.490. The van der Waals surface area contributed by atoms with Crippen molar-refractivity contribution in [2.75, 3.05) is 37.5 Å². The number of halogens is 2. The van der Waals surface area contributed by atoms with Crippen molar-refractivity contribution in [1.82, 2.24) is 0 Å². The Balaban J connectivity index is 2.34. The Morgan fingerprint density at radius 2 is 1.95 bits per heavy atom. The van der Waals surface area contributed by atoms with Gasteiger partial charge in [0.15, 0.2) is 6.29 Å². The summed E-state index contributed by atoms with van der Waals surface area (Å²) in [6.07, 6.45) is -0.496. The van der Waals surface area contributed by atoms with E-state index in [9.17, 15) is 4.79 Å². The highest BCUT2D eigenvalue weighted by Gasteiger charge is 2.27. The van der Waals surface area contributed by atoms with Crippen LogP contribution in [0, 0.1) is 0 Å². The second kappa shape index (κ2) is 5.96. The maximum atomic E-state index is 12.0. The molecule has 1 aromatic carbocycles. The molecule has 19 heavy (non-hydrogen) atoms. The fourth-order valence-electron chi connectivity index (χ4n) is 1.90. The number of rotatable bonds is 4. The molecule has 0 unspecified atom stereocenters. The van der Waals surface area contributed by atoms with Crippen LogP contribution in [0.25, 0.3) is 0 Å². The molecule has 0 radical (unpaired) electrons. The first-order valence-electron chi connectivity index (χ1n) is 5.65. The third-order valence-corrected chi connectivity index (χ3v) is 3.64. The molecule has 0 saturated carbocycles. The number of nitrogens with zero attached hydrogens (tertiary/aromatic N) is 1. The lowest BCUT2D eigenvalue weighted by Gasteiger charge is -2.32. The third-order valence-electron chi connectivity index (χ3n) is 2.92. The van der Waals surface area contributed by atoms with Gasteiger partial charge in [-0.25, -0.2) is 0 Å². The fraction of sp³-hybridized carbons (Fsp3) is 0.417. The van der Waals surface area contributed by atoms with Crippen LogP contribution in [-0.4, -0.2) is 39.5 Å². The maximum Gasteiger partial charge on any atom is 0.246 e. The minimum atomic E-state index is -0.496. The Morgan fingerprint density at radius 1 is 1.32 bits per heavy atom. The van der Waals surface area contributed by atoms with Gasteiger partial charge >= 0.3 is 0 Å². The predicted molar refractivity (Wildman–Crippen MR) is 75.1 cm³/mol. The number of hydrogen-bond donors (Lipinski definition) is 1. The maximum absolute atomic E-state index is 12.0.